The van der Waals surface area contributed by atoms with Crippen molar-refractivity contribution in [2.45, 2.75) is 32.2 Å². The summed E-state index contributed by atoms with van der Waals surface area (Å²) in [6.07, 6.45) is 3.51. The second-order valence-corrected chi connectivity index (χ2v) is 9.36. The minimum atomic E-state index is -0.825. The monoisotopic (exact) mass is 541 g/mol. The summed E-state index contributed by atoms with van der Waals surface area (Å²) in [7, 11) is 0. The molecule has 1 heterocycles. The van der Waals surface area contributed by atoms with Crippen molar-refractivity contribution in [3.63, 3.8) is 0 Å². The second kappa shape index (κ2) is 15.2. The minimum absolute atomic E-state index is 0.125. The number of benzene rings is 3. The lowest BCUT2D eigenvalue weighted by Crippen LogP contribution is -2.49. The zero-order chi connectivity index (χ0) is 28.0. The van der Waals surface area contributed by atoms with Gasteiger partial charge in [0.05, 0.1) is 37.8 Å². The number of hydrogen-bond donors (Lipinski definition) is 3. The van der Waals surface area contributed by atoms with E-state index in [0.29, 0.717) is 25.5 Å². The molecule has 1 aromatic heterocycles. The van der Waals surface area contributed by atoms with E-state index >= 15 is 0 Å². The van der Waals surface area contributed by atoms with Crippen molar-refractivity contribution in [2.24, 2.45) is 5.73 Å². The molecule has 0 saturated carbocycles. The number of nitrogens with zero attached hydrogens (tertiary/aromatic N) is 2. The highest BCUT2D eigenvalue weighted by molar-refractivity contribution is 5.87. The van der Waals surface area contributed by atoms with Crippen LogP contribution in [0, 0.1) is 0 Å². The number of aromatic nitrogens is 2. The zero-order valence-electron chi connectivity index (χ0n) is 22.4. The lowest BCUT2D eigenvalue weighted by molar-refractivity contribution is -0.138. The molecule has 0 spiro atoms. The Bertz CT molecular complexity index is 1300. The molecule has 0 aliphatic heterocycles. The van der Waals surface area contributed by atoms with Crippen LogP contribution >= 0.6 is 0 Å². The summed E-state index contributed by atoms with van der Waals surface area (Å²) in [6, 6.07) is 26.4. The molecule has 3 aromatic carbocycles. The average molecular weight is 542 g/mol. The van der Waals surface area contributed by atoms with Crippen LogP contribution in [0.25, 0.3) is 0 Å². The highest BCUT2D eigenvalue weighted by atomic mass is 16.5. The van der Waals surface area contributed by atoms with Crippen LogP contribution in [0.4, 0.5) is 0 Å². The number of aromatic amines is 1. The van der Waals surface area contributed by atoms with Gasteiger partial charge in [-0.15, -0.1) is 0 Å². The fourth-order valence-corrected chi connectivity index (χ4v) is 4.03. The standard InChI is InChI=1S/C31H35N5O4/c32-29(17-27-19-33-23-35-27)31(38)36(15-16-39-21-25-7-3-1-4-8-25)20-30(37)34-18-24-11-13-28(14-12-24)40-22-26-9-5-2-6-10-26/h1-14,19,23,29H,15-18,20-22,32H2,(H,33,35)(H,34,37)/t29-/m0/s1. The first-order chi connectivity index (χ1) is 19.6. The van der Waals surface area contributed by atoms with Gasteiger partial charge in [-0.2, -0.15) is 0 Å². The molecule has 0 saturated heterocycles. The number of hydrogen-bond acceptors (Lipinski definition) is 6. The number of imidazole rings is 1. The maximum Gasteiger partial charge on any atom is 0.240 e. The molecule has 0 fully saturated rings. The second-order valence-electron chi connectivity index (χ2n) is 9.36. The lowest BCUT2D eigenvalue weighted by atomic mass is 10.1. The molecule has 40 heavy (non-hydrogen) atoms. The van der Waals surface area contributed by atoms with Crippen LogP contribution in [-0.4, -0.2) is 52.4 Å². The number of rotatable bonds is 15. The smallest absolute Gasteiger partial charge is 0.240 e. The molecule has 208 valence electrons. The van der Waals surface area contributed by atoms with Crippen LogP contribution in [-0.2, 0) is 40.5 Å². The third-order valence-corrected chi connectivity index (χ3v) is 6.23. The summed E-state index contributed by atoms with van der Waals surface area (Å²) >= 11 is 0. The third kappa shape index (κ3) is 9.37. The van der Waals surface area contributed by atoms with E-state index in [-0.39, 0.29) is 37.9 Å². The summed E-state index contributed by atoms with van der Waals surface area (Å²) in [5.74, 6) is 0.131. The molecule has 0 radical (unpaired) electrons. The van der Waals surface area contributed by atoms with Crippen LogP contribution in [0.2, 0.25) is 0 Å². The maximum atomic E-state index is 13.2. The van der Waals surface area contributed by atoms with Crippen LogP contribution in [0.15, 0.2) is 97.5 Å². The highest BCUT2D eigenvalue weighted by Crippen LogP contribution is 2.14. The Labute approximate surface area is 234 Å². The number of carbonyl (C=O) groups excluding carboxylic acids is 2. The summed E-state index contributed by atoms with van der Waals surface area (Å²) in [6.45, 7) is 1.61. The fourth-order valence-electron chi connectivity index (χ4n) is 4.03. The molecule has 0 bridgehead atoms. The van der Waals surface area contributed by atoms with Crippen molar-refractivity contribution in [2.75, 3.05) is 19.7 Å². The number of H-pyrrole nitrogens is 1. The predicted molar refractivity (Wildman–Crippen MR) is 152 cm³/mol. The van der Waals surface area contributed by atoms with Crippen LogP contribution in [0.1, 0.15) is 22.4 Å². The summed E-state index contributed by atoms with van der Waals surface area (Å²) in [5, 5.41) is 2.89. The molecule has 4 N–H and O–H groups in total. The van der Waals surface area contributed by atoms with Gasteiger partial charge in [0.2, 0.25) is 11.8 Å². The highest BCUT2D eigenvalue weighted by Gasteiger charge is 2.24. The van der Waals surface area contributed by atoms with E-state index in [1.807, 2.05) is 84.9 Å². The SMILES string of the molecule is N[C@@H](Cc1c[nH]cn1)C(=O)N(CCOCc1ccccc1)CC(=O)NCc1ccc(OCc2ccccc2)cc1. The number of amides is 2. The normalized spacial score (nSPS) is 11.5. The molecule has 9 heteroatoms. The number of nitrogens with two attached hydrogens (primary N) is 1. The molecular weight excluding hydrogens is 506 g/mol. The first-order valence-electron chi connectivity index (χ1n) is 13.2. The summed E-state index contributed by atoms with van der Waals surface area (Å²) in [4.78, 5) is 34.4. The van der Waals surface area contributed by atoms with Crippen LogP contribution in [0.5, 0.6) is 5.75 Å². The number of ether oxygens (including phenoxy) is 2. The van der Waals surface area contributed by atoms with Gasteiger partial charge < -0.3 is 30.4 Å². The Morgan fingerprint density at radius 1 is 0.900 bits per heavy atom. The van der Waals surface area contributed by atoms with Crippen LogP contribution < -0.4 is 15.8 Å². The van der Waals surface area contributed by atoms with E-state index in [1.165, 1.54) is 11.2 Å². The van der Waals surface area contributed by atoms with Crippen molar-refractivity contribution < 1.29 is 19.1 Å². The topological polar surface area (TPSA) is 123 Å². The fraction of sp³-hybridized carbons (Fsp3) is 0.258. The van der Waals surface area contributed by atoms with Crippen molar-refractivity contribution in [3.05, 3.63) is 120 Å². The van der Waals surface area contributed by atoms with E-state index in [1.54, 1.807) is 6.20 Å². The lowest BCUT2D eigenvalue weighted by Gasteiger charge is -2.25. The van der Waals surface area contributed by atoms with Gasteiger partial charge in [-0.3, -0.25) is 9.59 Å². The van der Waals surface area contributed by atoms with Crippen LogP contribution in [0.3, 0.4) is 0 Å². The molecule has 2 amide bonds. The average Bonchev–Trinajstić information content (AvgIpc) is 3.51. The van der Waals surface area contributed by atoms with E-state index < -0.39 is 6.04 Å². The Kier molecular flexibility index (Phi) is 10.8. The van der Waals surface area contributed by atoms with Gasteiger partial charge in [-0.1, -0.05) is 72.8 Å². The Balaban J connectivity index is 1.27. The van der Waals surface area contributed by atoms with E-state index in [0.717, 1.165) is 22.4 Å². The van der Waals surface area contributed by atoms with E-state index in [2.05, 4.69) is 15.3 Å². The Morgan fingerprint density at radius 2 is 1.57 bits per heavy atom. The molecule has 4 aromatic rings. The molecule has 0 aliphatic rings. The third-order valence-electron chi connectivity index (χ3n) is 6.23. The van der Waals surface area contributed by atoms with Gasteiger partial charge in [0.15, 0.2) is 0 Å². The number of carbonyl (C=O) groups is 2. The van der Waals surface area contributed by atoms with Gasteiger partial charge in [0.1, 0.15) is 12.4 Å². The zero-order valence-corrected chi connectivity index (χ0v) is 22.4. The van der Waals surface area contributed by atoms with Crippen molar-refractivity contribution >= 4 is 11.8 Å². The summed E-state index contributed by atoms with van der Waals surface area (Å²) < 4.78 is 11.6. The van der Waals surface area contributed by atoms with Gasteiger partial charge in [-0.25, -0.2) is 4.98 Å². The molecule has 4 rings (SSSR count). The molecule has 9 nitrogen and oxygen atoms in total. The van der Waals surface area contributed by atoms with Gasteiger partial charge in [-0.05, 0) is 28.8 Å². The largest absolute Gasteiger partial charge is 0.489 e. The first kappa shape index (κ1) is 28.5. The Hall–Kier alpha value is -4.47. The molecule has 1 atom stereocenters. The van der Waals surface area contributed by atoms with Crippen molar-refractivity contribution in [3.8, 4) is 5.75 Å². The Morgan fingerprint density at radius 3 is 2.23 bits per heavy atom. The first-order valence-corrected chi connectivity index (χ1v) is 13.2. The molecular formula is C31H35N5O4. The van der Waals surface area contributed by atoms with Gasteiger partial charge in [0.25, 0.3) is 0 Å². The van der Waals surface area contributed by atoms with Crippen molar-refractivity contribution in [1.82, 2.24) is 20.2 Å². The van der Waals surface area contributed by atoms with Gasteiger partial charge >= 0.3 is 0 Å². The maximum absolute atomic E-state index is 13.2. The predicted octanol–water partition coefficient (Wildman–Crippen LogP) is 3.22. The number of nitrogens with one attached hydrogen (secondary N) is 2. The van der Waals surface area contributed by atoms with E-state index in [4.69, 9.17) is 15.2 Å². The molecule has 0 aliphatic carbocycles. The van der Waals surface area contributed by atoms with Crippen molar-refractivity contribution in [1.29, 1.82) is 0 Å². The molecule has 0 unspecified atom stereocenters. The van der Waals surface area contributed by atoms with Gasteiger partial charge in [0, 0.05) is 25.7 Å². The minimum Gasteiger partial charge on any atom is -0.489 e. The quantitative estimate of drug-likeness (QED) is 0.199. The summed E-state index contributed by atoms with van der Waals surface area (Å²) in [5.41, 5.74) is 9.91. The van der Waals surface area contributed by atoms with E-state index in [9.17, 15) is 9.59 Å².